The van der Waals surface area contributed by atoms with Gasteiger partial charge in [0, 0.05) is 11.8 Å². The average molecular weight is 324 g/mol. The maximum absolute atomic E-state index is 11.5. The van der Waals surface area contributed by atoms with Crippen LogP contribution < -0.4 is 15.4 Å². The molecule has 0 aliphatic rings. The number of alkyl carbamates (subject to hydrolysis) is 1. The van der Waals surface area contributed by atoms with Gasteiger partial charge in [0.15, 0.2) is 0 Å². The predicted molar refractivity (Wildman–Crippen MR) is 86.9 cm³/mol. The third-order valence-electron chi connectivity index (χ3n) is 2.63. The molecule has 7 heteroatoms. The number of rotatable bonds is 7. The van der Waals surface area contributed by atoms with Crippen molar-refractivity contribution >= 4 is 17.7 Å². The number of ether oxygens (including phenoxy) is 2. The average Bonchev–Trinajstić information content (AvgIpc) is 2.42. The second kappa shape index (κ2) is 8.26. The van der Waals surface area contributed by atoms with Crippen LogP contribution in [-0.4, -0.2) is 42.0 Å². The minimum atomic E-state index is -0.933. The molecule has 0 saturated heterocycles. The lowest BCUT2D eigenvalue weighted by molar-refractivity contribution is -0.137. The Balaban J connectivity index is 2.38. The molecule has 128 valence electrons. The molecule has 0 fully saturated rings. The van der Waals surface area contributed by atoms with E-state index in [1.165, 1.54) is 0 Å². The molecule has 1 rings (SSSR count). The highest BCUT2D eigenvalue weighted by Crippen LogP contribution is 2.18. The number of carbonyl (C=O) groups is 2. The number of carboxylic acid groups (broad SMARTS) is 1. The SMILES string of the molecule is CC(Nc1cccc(OCCNC(=O)OC(C)(C)C)c1)C(=O)O. The van der Waals surface area contributed by atoms with Crippen LogP contribution in [0, 0.1) is 0 Å². The lowest BCUT2D eigenvalue weighted by Gasteiger charge is -2.19. The second-order valence-electron chi connectivity index (χ2n) is 6.01. The van der Waals surface area contributed by atoms with Gasteiger partial charge in [-0.05, 0) is 39.8 Å². The minimum Gasteiger partial charge on any atom is -0.492 e. The number of hydrogen-bond donors (Lipinski definition) is 3. The van der Waals surface area contributed by atoms with Crippen molar-refractivity contribution in [2.45, 2.75) is 39.3 Å². The number of amides is 1. The van der Waals surface area contributed by atoms with Crippen LogP contribution in [0.3, 0.4) is 0 Å². The van der Waals surface area contributed by atoms with Gasteiger partial charge in [0.05, 0.1) is 6.54 Å². The van der Waals surface area contributed by atoms with Crippen LogP contribution in [0.15, 0.2) is 24.3 Å². The Hall–Kier alpha value is -2.44. The molecular formula is C16H24N2O5. The van der Waals surface area contributed by atoms with Gasteiger partial charge in [0.2, 0.25) is 0 Å². The molecule has 3 N–H and O–H groups in total. The molecule has 0 bridgehead atoms. The van der Waals surface area contributed by atoms with Crippen LogP contribution in [0.25, 0.3) is 0 Å². The molecule has 0 radical (unpaired) electrons. The third-order valence-corrected chi connectivity index (χ3v) is 2.63. The van der Waals surface area contributed by atoms with E-state index in [0.29, 0.717) is 18.0 Å². The molecule has 0 aliphatic heterocycles. The van der Waals surface area contributed by atoms with Gasteiger partial charge in [-0.2, -0.15) is 0 Å². The smallest absolute Gasteiger partial charge is 0.407 e. The summed E-state index contributed by atoms with van der Waals surface area (Å²) in [6, 6.07) is 6.27. The van der Waals surface area contributed by atoms with Gasteiger partial charge in [-0.3, -0.25) is 4.79 Å². The first-order valence-electron chi connectivity index (χ1n) is 7.36. The molecule has 0 saturated carbocycles. The monoisotopic (exact) mass is 324 g/mol. The summed E-state index contributed by atoms with van der Waals surface area (Å²) >= 11 is 0. The number of carbonyl (C=O) groups excluding carboxylic acids is 1. The lowest BCUT2D eigenvalue weighted by atomic mass is 10.2. The molecule has 0 spiro atoms. The quantitative estimate of drug-likeness (QED) is 0.667. The van der Waals surface area contributed by atoms with Gasteiger partial charge < -0.3 is 25.2 Å². The van der Waals surface area contributed by atoms with E-state index >= 15 is 0 Å². The van der Waals surface area contributed by atoms with Gasteiger partial charge in [0.25, 0.3) is 0 Å². The molecule has 0 aromatic heterocycles. The highest BCUT2D eigenvalue weighted by atomic mass is 16.6. The van der Waals surface area contributed by atoms with Gasteiger partial charge in [-0.15, -0.1) is 0 Å². The standard InChI is InChI=1S/C16H24N2O5/c1-11(14(19)20)18-12-6-5-7-13(10-12)22-9-8-17-15(21)23-16(2,3)4/h5-7,10-11,18H,8-9H2,1-4H3,(H,17,21)(H,19,20). The molecule has 1 amide bonds. The molecule has 1 aromatic rings. The first-order chi connectivity index (χ1) is 10.7. The van der Waals surface area contributed by atoms with Crippen molar-refractivity contribution in [3.05, 3.63) is 24.3 Å². The number of benzene rings is 1. The Labute approximate surface area is 136 Å². The van der Waals surface area contributed by atoms with E-state index < -0.39 is 23.7 Å². The summed E-state index contributed by atoms with van der Waals surface area (Å²) in [5.74, 6) is -0.351. The fraction of sp³-hybridized carbons (Fsp3) is 0.500. The fourth-order valence-electron chi connectivity index (χ4n) is 1.62. The normalized spacial score (nSPS) is 12.2. The summed E-state index contributed by atoms with van der Waals surface area (Å²) in [4.78, 5) is 22.3. The number of anilines is 1. The molecule has 23 heavy (non-hydrogen) atoms. The largest absolute Gasteiger partial charge is 0.492 e. The molecule has 1 unspecified atom stereocenters. The maximum Gasteiger partial charge on any atom is 0.407 e. The van der Waals surface area contributed by atoms with Gasteiger partial charge in [-0.25, -0.2) is 4.79 Å². The van der Waals surface area contributed by atoms with E-state index in [9.17, 15) is 9.59 Å². The summed E-state index contributed by atoms with van der Waals surface area (Å²) in [5, 5.41) is 14.3. The van der Waals surface area contributed by atoms with Crippen LogP contribution in [0.4, 0.5) is 10.5 Å². The Morgan fingerprint density at radius 1 is 1.30 bits per heavy atom. The molecule has 7 nitrogen and oxygen atoms in total. The van der Waals surface area contributed by atoms with Gasteiger partial charge >= 0.3 is 12.1 Å². The highest BCUT2D eigenvalue weighted by molar-refractivity contribution is 5.76. The van der Waals surface area contributed by atoms with Gasteiger partial charge in [-0.1, -0.05) is 6.07 Å². The number of hydrogen-bond acceptors (Lipinski definition) is 5. The minimum absolute atomic E-state index is 0.275. The Bertz CT molecular complexity index is 540. The molecular weight excluding hydrogens is 300 g/mol. The second-order valence-corrected chi connectivity index (χ2v) is 6.01. The number of carboxylic acids is 1. The van der Waals surface area contributed by atoms with Gasteiger partial charge in [0.1, 0.15) is 24.0 Å². The Morgan fingerprint density at radius 2 is 2.00 bits per heavy atom. The molecule has 1 atom stereocenters. The van der Waals surface area contributed by atoms with Crippen molar-refractivity contribution in [3.8, 4) is 5.75 Å². The first-order valence-corrected chi connectivity index (χ1v) is 7.36. The zero-order valence-corrected chi connectivity index (χ0v) is 13.9. The van der Waals surface area contributed by atoms with Crippen molar-refractivity contribution in [1.82, 2.24) is 5.32 Å². The number of nitrogens with one attached hydrogen (secondary N) is 2. The van der Waals surface area contributed by atoms with Crippen LogP contribution >= 0.6 is 0 Å². The zero-order valence-electron chi connectivity index (χ0n) is 13.9. The summed E-state index contributed by atoms with van der Waals surface area (Å²) in [6.45, 7) is 7.51. The van der Waals surface area contributed by atoms with Crippen molar-refractivity contribution in [2.24, 2.45) is 0 Å². The van der Waals surface area contributed by atoms with Crippen molar-refractivity contribution in [3.63, 3.8) is 0 Å². The highest BCUT2D eigenvalue weighted by Gasteiger charge is 2.15. The molecule has 1 aromatic carbocycles. The van der Waals surface area contributed by atoms with E-state index in [1.54, 1.807) is 52.0 Å². The topological polar surface area (TPSA) is 96.9 Å². The summed E-state index contributed by atoms with van der Waals surface area (Å²) in [7, 11) is 0. The molecule has 0 aliphatic carbocycles. The number of aliphatic carboxylic acids is 1. The van der Waals surface area contributed by atoms with Crippen LogP contribution in [0.5, 0.6) is 5.75 Å². The van der Waals surface area contributed by atoms with Crippen LogP contribution in [0.1, 0.15) is 27.7 Å². The van der Waals surface area contributed by atoms with E-state index in [4.69, 9.17) is 14.6 Å². The zero-order chi connectivity index (χ0) is 17.5. The summed E-state index contributed by atoms with van der Waals surface area (Å²) in [6.07, 6.45) is -0.494. The van der Waals surface area contributed by atoms with E-state index in [2.05, 4.69) is 10.6 Å². The predicted octanol–water partition coefficient (Wildman–Crippen LogP) is 2.48. The van der Waals surface area contributed by atoms with E-state index in [-0.39, 0.29) is 6.61 Å². The first kappa shape index (κ1) is 18.6. The van der Waals surface area contributed by atoms with Crippen molar-refractivity contribution < 1.29 is 24.2 Å². The van der Waals surface area contributed by atoms with E-state index in [0.717, 1.165) is 0 Å². The van der Waals surface area contributed by atoms with Crippen molar-refractivity contribution in [2.75, 3.05) is 18.5 Å². The Morgan fingerprint density at radius 3 is 2.61 bits per heavy atom. The fourth-order valence-corrected chi connectivity index (χ4v) is 1.62. The summed E-state index contributed by atoms with van der Waals surface area (Å²) < 4.78 is 10.6. The Kier molecular flexibility index (Phi) is 6.68. The molecule has 0 heterocycles. The lowest BCUT2D eigenvalue weighted by Crippen LogP contribution is -2.34. The maximum atomic E-state index is 11.5. The summed E-state index contributed by atoms with van der Waals surface area (Å²) in [5.41, 5.74) is 0.115. The van der Waals surface area contributed by atoms with Crippen molar-refractivity contribution in [1.29, 1.82) is 0 Å². The van der Waals surface area contributed by atoms with Crippen LogP contribution in [-0.2, 0) is 9.53 Å². The third kappa shape index (κ3) is 7.94. The van der Waals surface area contributed by atoms with Crippen LogP contribution in [0.2, 0.25) is 0 Å². The van der Waals surface area contributed by atoms with E-state index in [1.807, 2.05) is 0 Å².